The van der Waals surface area contributed by atoms with Gasteiger partial charge in [0.25, 0.3) is 5.91 Å². The van der Waals surface area contributed by atoms with Crippen LogP contribution in [0.4, 0.5) is 10.1 Å². The monoisotopic (exact) mass is 364 g/mol. The van der Waals surface area contributed by atoms with Crippen molar-refractivity contribution >= 4 is 11.6 Å². The average Bonchev–Trinajstić information content (AvgIpc) is 3.35. The first-order chi connectivity index (χ1) is 13.1. The van der Waals surface area contributed by atoms with Gasteiger partial charge in [-0.2, -0.15) is 0 Å². The molecule has 27 heavy (non-hydrogen) atoms. The molecule has 0 aliphatic rings. The Hall–Kier alpha value is -3.95. The van der Waals surface area contributed by atoms with Gasteiger partial charge < -0.3 is 5.32 Å². The molecule has 9 nitrogen and oxygen atoms in total. The second-order valence-electron chi connectivity index (χ2n) is 5.73. The SMILES string of the molecule is Cc1cc(NC(=O)c2cn(-c3ccc(F)cc3)nn2)ccc1-n1cnnn1. The number of carbonyl (C=O) groups is 1. The Morgan fingerprint density at radius 3 is 2.59 bits per heavy atom. The lowest BCUT2D eigenvalue weighted by atomic mass is 10.1. The van der Waals surface area contributed by atoms with E-state index in [4.69, 9.17) is 0 Å². The molecular weight excluding hydrogens is 351 g/mol. The molecule has 0 saturated carbocycles. The quantitative estimate of drug-likeness (QED) is 0.594. The van der Waals surface area contributed by atoms with E-state index in [1.807, 2.05) is 6.92 Å². The third-order valence-corrected chi connectivity index (χ3v) is 3.87. The maximum atomic E-state index is 13.0. The number of aryl methyl sites for hydroxylation is 1. The van der Waals surface area contributed by atoms with Gasteiger partial charge in [-0.3, -0.25) is 4.79 Å². The van der Waals surface area contributed by atoms with Crippen LogP contribution >= 0.6 is 0 Å². The highest BCUT2D eigenvalue weighted by Gasteiger charge is 2.13. The van der Waals surface area contributed by atoms with Gasteiger partial charge >= 0.3 is 0 Å². The molecular formula is C17H13FN8O. The fourth-order valence-electron chi connectivity index (χ4n) is 2.54. The fourth-order valence-corrected chi connectivity index (χ4v) is 2.54. The topological polar surface area (TPSA) is 103 Å². The van der Waals surface area contributed by atoms with Crippen molar-refractivity contribution in [2.24, 2.45) is 0 Å². The van der Waals surface area contributed by atoms with Crippen molar-refractivity contribution in [1.29, 1.82) is 0 Å². The summed E-state index contributed by atoms with van der Waals surface area (Å²) in [5.41, 5.74) is 3.03. The van der Waals surface area contributed by atoms with Crippen molar-refractivity contribution in [2.45, 2.75) is 6.92 Å². The molecule has 1 N–H and O–H groups in total. The van der Waals surface area contributed by atoms with Crippen molar-refractivity contribution in [1.82, 2.24) is 35.2 Å². The van der Waals surface area contributed by atoms with Gasteiger partial charge in [0.2, 0.25) is 0 Å². The summed E-state index contributed by atoms with van der Waals surface area (Å²) in [5, 5.41) is 21.6. The Morgan fingerprint density at radius 2 is 1.89 bits per heavy atom. The minimum Gasteiger partial charge on any atom is -0.321 e. The van der Waals surface area contributed by atoms with E-state index in [2.05, 4.69) is 31.2 Å². The van der Waals surface area contributed by atoms with E-state index in [9.17, 15) is 9.18 Å². The van der Waals surface area contributed by atoms with Crippen molar-refractivity contribution in [3.63, 3.8) is 0 Å². The van der Waals surface area contributed by atoms with Gasteiger partial charge in [0.1, 0.15) is 12.1 Å². The number of nitrogens with one attached hydrogen (secondary N) is 1. The van der Waals surface area contributed by atoms with Gasteiger partial charge in [0.05, 0.1) is 17.6 Å². The van der Waals surface area contributed by atoms with Crippen LogP contribution in [0.25, 0.3) is 11.4 Å². The van der Waals surface area contributed by atoms with Crippen molar-refractivity contribution in [3.8, 4) is 11.4 Å². The number of nitrogens with zero attached hydrogens (tertiary/aromatic N) is 7. The molecule has 0 fully saturated rings. The maximum absolute atomic E-state index is 13.0. The number of amides is 1. The molecule has 2 heterocycles. The predicted octanol–water partition coefficient (Wildman–Crippen LogP) is 1.94. The third-order valence-electron chi connectivity index (χ3n) is 3.87. The van der Waals surface area contributed by atoms with Gasteiger partial charge in [-0.25, -0.2) is 13.8 Å². The Balaban J connectivity index is 1.51. The highest BCUT2D eigenvalue weighted by atomic mass is 19.1. The summed E-state index contributed by atoms with van der Waals surface area (Å²) < 4.78 is 15.9. The normalized spacial score (nSPS) is 10.7. The molecule has 4 aromatic rings. The van der Waals surface area contributed by atoms with Crippen molar-refractivity contribution < 1.29 is 9.18 Å². The first kappa shape index (κ1) is 16.5. The lowest BCUT2D eigenvalue weighted by Crippen LogP contribution is -2.13. The van der Waals surface area contributed by atoms with Gasteiger partial charge in [-0.15, -0.1) is 10.2 Å². The molecule has 0 radical (unpaired) electrons. The van der Waals surface area contributed by atoms with Crippen LogP contribution in [0.3, 0.4) is 0 Å². The lowest BCUT2D eigenvalue weighted by molar-refractivity contribution is 0.102. The first-order valence-corrected chi connectivity index (χ1v) is 7.94. The summed E-state index contributed by atoms with van der Waals surface area (Å²) in [6.07, 6.45) is 2.97. The van der Waals surface area contributed by atoms with E-state index in [1.165, 1.54) is 34.0 Å². The van der Waals surface area contributed by atoms with Gasteiger partial charge in [-0.05, 0) is 65.4 Å². The van der Waals surface area contributed by atoms with E-state index in [0.717, 1.165) is 11.3 Å². The lowest BCUT2D eigenvalue weighted by Gasteiger charge is -2.08. The highest BCUT2D eigenvalue weighted by Crippen LogP contribution is 2.18. The van der Waals surface area contributed by atoms with E-state index >= 15 is 0 Å². The summed E-state index contributed by atoms with van der Waals surface area (Å²) in [4.78, 5) is 12.4. The first-order valence-electron chi connectivity index (χ1n) is 7.94. The summed E-state index contributed by atoms with van der Waals surface area (Å²) in [7, 11) is 0. The number of halogens is 1. The number of tetrazole rings is 1. The van der Waals surface area contributed by atoms with Gasteiger partial charge in [0.15, 0.2) is 5.69 Å². The number of benzene rings is 2. The summed E-state index contributed by atoms with van der Waals surface area (Å²) in [5.74, 6) is -0.754. The number of aromatic nitrogens is 7. The number of hydrogen-bond acceptors (Lipinski definition) is 6. The molecule has 0 saturated heterocycles. The largest absolute Gasteiger partial charge is 0.321 e. The number of carbonyl (C=O) groups excluding carboxylic acids is 1. The fraction of sp³-hybridized carbons (Fsp3) is 0.0588. The third kappa shape index (κ3) is 3.40. The molecule has 10 heteroatoms. The minimum absolute atomic E-state index is 0.140. The van der Waals surface area contributed by atoms with E-state index in [0.29, 0.717) is 11.4 Å². The van der Waals surface area contributed by atoms with Crippen LogP contribution in [0.1, 0.15) is 16.1 Å². The predicted molar refractivity (Wildman–Crippen MR) is 93.2 cm³/mol. The van der Waals surface area contributed by atoms with Crippen LogP contribution in [0, 0.1) is 12.7 Å². The molecule has 0 bridgehead atoms. The Morgan fingerprint density at radius 1 is 1.07 bits per heavy atom. The molecule has 2 aromatic carbocycles. The molecule has 134 valence electrons. The molecule has 1 amide bonds. The van der Waals surface area contributed by atoms with Crippen LogP contribution < -0.4 is 5.32 Å². The Bertz CT molecular complexity index is 1090. The molecule has 0 atom stereocenters. The van der Waals surface area contributed by atoms with Crippen LogP contribution in [-0.4, -0.2) is 41.1 Å². The molecule has 0 unspecified atom stereocenters. The van der Waals surface area contributed by atoms with Crippen LogP contribution in [0.15, 0.2) is 55.0 Å². The minimum atomic E-state index is -0.405. The van der Waals surface area contributed by atoms with Crippen molar-refractivity contribution in [3.05, 3.63) is 72.1 Å². The number of hydrogen-bond donors (Lipinski definition) is 1. The Kier molecular flexibility index (Phi) is 4.13. The smallest absolute Gasteiger partial charge is 0.277 e. The molecule has 0 aliphatic heterocycles. The second kappa shape index (κ2) is 6.75. The zero-order valence-electron chi connectivity index (χ0n) is 14.1. The maximum Gasteiger partial charge on any atom is 0.277 e. The standard InChI is InChI=1S/C17H13FN8O/c1-11-8-13(4-7-16(11)26-10-19-22-24-26)20-17(27)15-9-25(23-21-15)14-5-2-12(18)3-6-14/h2-10H,1H3,(H,20,27). The summed E-state index contributed by atoms with van der Waals surface area (Å²) in [6, 6.07) is 11.1. The van der Waals surface area contributed by atoms with Gasteiger partial charge in [-0.1, -0.05) is 5.21 Å². The van der Waals surface area contributed by atoms with Gasteiger partial charge in [0, 0.05) is 5.69 Å². The molecule has 0 spiro atoms. The van der Waals surface area contributed by atoms with Crippen LogP contribution in [0.5, 0.6) is 0 Å². The van der Waals surface area contributed by atoms with Crippen LogP contribution in [0.2, 0.25) is 0 Å². The zero-order valence-corrected chi connectivity index (χ0v) is 14.1. The summed E-state index contributed by atoms with van der Waals surface area (Å²) in [6.45, 7) is 1.89. The Labute approximate surface area is 152 Å². The average molecular weight is 364 g/mol. The number of rotatable bonds is 4. The highest BCUT2D eigenvalue weighted by molar-refractivity contribution is 6.02. The van der Waals surface area contributed by atoms with E-state index < -0.39 is 5.91 Å². The molecule has 4 rings (SSSR count). The van der Waals surface area contributed by atoms with Crippen molar-refractivity contribution in [2.75, 3.05) is 5.32 Å². The molecule has 0 aliphatic carbocycles. The van der Waals surface area contributed by atoms with E-state index in [-0.39, 0.29) is 11.5 Å². The number of anilines is 1. The van der Waals surface area contributed by atoms with E-state index in [1.54, 1.807) is 30.3 Å². The summed E-state index contributed by atoms with van der Waals surface area (Å²) >= 11 is 0. The molecule has 2 aromatic heterocycles. The second-order valence-corrected chi connectivity index (χ2v) is 5.73. The zero-order chi connectivity index (χ0) is 18.8. The van der Waals surface area contributed by atoms with Crippen LogP contribution in [-0.2, 0) is 0 Å².